The zero-order valence-corrected chi connectivity index (χ0v) is 9.79. The van der Waals surface area contributed by atoms with Crippen LogP contribution in [0.4, 0.5) is 0 Å². The van der Waals surface area contributed by atoms with E-state index in [1.54, 1.807) is 0 Å². The van der Waals surface area contributed by atoms with Crippen molar-refractivity contribution < 1.29 is 9.90 Å². The Morgan fingerprint density at radius 1 is 1.60 bits per heavy atom. The Labute approximate surface area is 91.0 Å². The van der Waals surface area contributed by atoms with Gasteiger partial charge in [0.2, 0.25) is 0 Å². The third-order valence-corrected chi connectivity index (χ3v) is 2.89. The van der Waals surface area contributed by atoms with Gasteiger partial charge in [0.15, 0.2) is 0 Å². The molecule has 1 aliphatic heterocycles. The molecule has 0 aromatic rings. The van der Waals surface area contributed by atoms with Gasteiger partial charge in [-0.3, -0.25) is 10.1 Å². The molecule has 0 aromatic heterocycles. The molecule has 1 rings (SSSR count). The third-order valence-electron chi connectivity index (χ3n) is 2.89. The Kier molecular flexibility index (Phi) is 4.07. The van der Waals surface area contributed by atoms with Crippen LogP contribution in [0.15, 0.2) is 0 Å². The number of nitrogens with one attached hydrogen (secondary N) is 1. The smallest absolute Gasteiger partial charge is 0.325 e. The number of nitrogens with zero attached hydrogens (tertiary/aromatic N) is 2. The lowest BCUT2D eigenvalue weighted by molar-refractivity contribution is -0.144. The van der Waals surface area contributed by atoms with E-state index >= 15 is 0 Å². The van der Waals surface area contributed by atoms with Gasteiger partial charge in [0.05, 0.1) is 0 Å². The third kappa shape index (κ3) is 3.15. The number of likely N-dealkylation sites (N-methyl/N-ethyl adjacent to an activating group) is 2. The van der Waals surface area contributed by atoms with E-state index in [1.165, 1.54) is 0 Å². The molecule has 5 heteroatoms. The molecule has 1 saturated heterocycles. The Bertz CT molecular complexity index is 233. The van der Waals surface area contributed by atoms with Crippen molar-refractivity contribution in [3.05, 3.63) is 0 Å². The first-order valence-corrected chi connectivity index (χ1v) is 5.28. The van der Waals surface area contributed by atoms with Crippen molar-refractivity contribution in [1.29, 1.82) is 0 Å². The van der Waals surface area contributed by atoms with E-state index in [0.717, 1.165) is 13.1 Å². The molecule has 0 spiro atoms. The second-order valence-electron chi connectivity index (χ2n) is 4.61. The van der Waals surface area contributed by atoms with Gasteiger partial charge in [0.1, 0.15) is 5.54 Å². The number of carbonyl (C=O) groups is 1. The Hall–Kier alpha value is -0.650. The molecule has 1 fully saturated rings. The minimum absolute atomic E-state index is 0.593. The molecule has 1 heterocycles. The Morgan fingerprint density at radius 2 is 2.27 bits per heavy atom. The van der Waals surface area contributed by atoms with Crippen LogP contribution in [0.1, 0.15) is 6.42 Å². The molecule has 2 N–H and O–H groups in total. The molecule has 0 aliphatic carbocycles. The van der Waals surface area contributed by atoms with Gasteiger partial charge in [-0.1, -0.05) is 0 Å². The van der Waals surface area contributed by atoms with Gasteiger partial charge in [0, 0.05) is 26.2 Å². The van der Waals surface area contributed by atoms with Crippen LogP contribution in [-0.4, -0.2) is 73.7 Å². The van der Waals surface area contributed by atoms with Crippen LogP contribution in [0.25, 0.3) is 0 Å². The lowest BCUT2D eigenvalue weighted by Gasteiger charge is -2.26. The molecule has 1 atom stereocenters. The highest BCUT2D eigenvalue weighted by atomic mass is 16.4. The topological polar surface area (TPSA) is 55.8 Å². The van der Waals surface area contributed by atoms with Crippen molar-refractivity contribution in [2.45, 2.75) is 12.0 Å². The molecule has 0 saturated carbocycles. The van der Waals surface area contributed by atoms with Gasteiger partial charge in [0.25, 0.3) is 0 Å². The lowest BCUT2D eigenvalue weighted by atomic mass is 9.99. The SMILES string of the molecule is CN(C)CCNC1(C(=O)O)CCN(C)C1. The maximum absolute atomic E-state index is 11.2. The first kappa shape index (κ1) is 12.4. The van der Waals surface area contributed by atoms with E-state index in [9.17, 15) is 9.90 Å². The first-order chi connectivity index (χ1) is 6.96. The second kappa shape index (κ2) is 4.92. The van der Waals surface area contributed by atoms with Gasteiger partial charge in [-0.15, -0.1) is 0 Å². The monoisotopic (exact) mass is 215 g/mol. The van der Waals surface area contributed by atoms with E-state index in [0.29, 0.717) is 19.5 Å². The number of aliphatic carboxylic acids is 1. The van der Waals surface area contributed by atoms with Gasteiger partial charge >= 0.3 is 5.97 Å². The summed E-state index contributed by atoms with van der Waals surface area (Å²) >= 11 is 0. The number of carboxylic acids is 1. The van der Waals surface area contributed by atoms with Crippen LogP contribution in [0, 0.1) is 0 Å². The highest BCUT2D eigenvalue weighted by Crippen LogP contribution is 2.20. The van der Waals surface area contributed by atoms with Crippen molar-refractivity contribution in [2.75, 3.05) is 47.3 Å². The van der Waals surface area contributed by atoms with E-state index in [4.69, 9.17) is 0 Å². The largest absolute Gasteiger partial charge is 0.480 e. The van der Waals surface area contributed by atoms with Gasteiger partial charge in [-0.05, 0) is 27.6 Å². The molecular weight excluding hydrogens is 194 g/mol. The average molecular weight is 215 g/mol. The Morgan fingerprint density at radius 3 is 2.67 bits per heavy atom. The summed E-state index contributed by atoms with van der Waals surface area (Å²) in [6.45, 7) is 3.02. The molecule has 1 unspecified atom stereocenters. The molecular formula is C10H21N3O2. The van der Waals surface area contributed by atoms with Crippen molar-refractivity contribution in [1.82, 2.24) is 15.1 Å². The van der Waals surface area contributed by atoms with Crippen LogP contribution >= 0.6 is 0 Å². The van der Waals surface area contributed by atoms with Crippen molar-refractivity contribution in [2.24, 2.45) is 0 Å². The zero-order valence-electron chi connectivity index (χ0n) is 9.79. The highest BCUT2D eigenvalue weighted by Gasteiger charge is 2.43. The average Bonchev–Trinajstić information content (AvgIpc) is 2.48. The number of hydrogen-bond donors (Lipinski definition) is 2. The number of likely N-dealkylation sites (tertiary alicyclic amines) is 1. The highest BCUT2D eigenvalue weighted by molar-refractivity contribution is 5.79. The van der Waals surface area contributed by atoms with E-state index < -0.39 is 11.5 Å². The van der Waals surface area contributed by atoms with E-state index in [-0.39, 0.29) is 0 Å². The Balaban J connectivity index is 2.48. The maximum atomic E-state index is 11.2. The van der Waals surface area contributed by atoms with Crippen LogP contribution in [0.5, 0.6) is 0 Å². The first-order valence-electron chi connectivity index (χ1n) is 5.28. The molecule has 1 aliphatic rings. The summed E-state index contributed by atoms with van der Waals surface area (Å²) < 4.78 is 0. The molecule has 5 nitrogen and oxygen atoms in total. The normalized spacial score (nSPS) is 27.5. The second-order valence-corrected chi connectivity index (χ2v) is 4.61. The fourth-order valence-electron chi connectivity index (χ4n) is 1.91. The fraction of sp³-hybridized carbons (Fsp3) is 0.900. The summed E-state index contributed by atoms with van der Waals surface area (Å²) in [5.74, 6) is -0.731. The van der Waals surface area contributed by atoms with Crippen LogP contribution in [0.2, 0.25) is 0 Å². The maximum Gasteiger partial charge on any atom is 0.325 e. The minimum atomic E-state index is -0.731. The minimum Gasteiger partial charge on any atom is -0.480 e. The molecule has 0 amide bonds. The van der Waals surface area contributed by atoms with Gasteiger partial charge < -0.3 is 14.9 Å². The molecule has 15 heavy (non-hydrogen) atoms. The molecule has 0 radical (unpaired) electrons. The number of carboxylic acid groups (broad SMARTS) is 1. The van der Waals surface area contributed by atoms with Crippen LogP contribution in [-0.2, 0) is 4.79 Å². The quantitative estimate of drug-likeness (QED) is 0.635. The number of rotatable bonds is 5. The fourth-order valence-corrected chi connectivity index (χ4v) is 1.91. The van der Waals surface area contributed by atoms with Crippen molar-refractivity contribution >= 4 is 5.97 Å². The summed E-state index contributed by atoms with van der Waals surface area (Å²) in [6.07, 6.45) is 0.687. The molecule has 88 valence electrons. The summed E-state index contributed by atoms with van der Waals surface area (Å²) in [6, 6.07) is 0. The molecule has 0 aromatic carbocycles. The van der Waals surface area contributed by atoms with Gasteiger partial charge in [-0.25, -0.2) is 0 Å². The zero-order chi connectivity index (χ0) is 11.5. The summed E-state index contributed by atoms with van der Waals surface area (Å²) in [5.41, 5.74) is -0.731. The van der Waals surface area contributed by atoms with Crippen LogP contribution < -0.4 is 5.32 Å². The lowest BCUT2D eigenvalue weighted by Crippen LogP contribution is -2.55. The van der Waals surface area contributed by atoms with Crippen molar-refractivity contribution in [3.63, 3.8) is 0 Å². The summed E-state index contributed by atoms with van der Waals surface area (Å²) in [5, 5.41) is 12.4. The summed E-state index contributed by atoms with van der Waals surface area (Å²) in [7, 11) is 5.92. The van der Waals surface area contributed by atoms with E-state index in [1.807, 2.05) is 26.0 Å². The predicted molar refractivity (Wildman–Crippen MR) is 59.0 cm³/mol. The van der Waals surface area contributed by atoms with Crippen LogP contribution in [0.3, 0.4) is 0 Å². The summed E-state index contributed by atoms with van der Waals surface area (Å²) in [4.78, 5) is 15.3. The number of hydrogen-bond acceptors (Lipinski definition) is 4. The molecule has 0 bridgehead atoms. The standard InChI is InChI=1S/C10H21N3O2/c1-12(2)7-5-11-10(9(14)15)4-6-13(3)8-10/h11H,4-8H2,1-3H3,(H,14,15). The predicted octanol–water partition coefficient (Wildman–Crippen LogP) is -0.703. The van der Waals surface area contributed by atoms with E-state index in [2.05, 4.69) is 10.2 Å². The van der Waals surface area contributed by atoms with Crippen molar-refractivity contribution in [3.8, 4) is 0 Å². The van der Waals surface area contributed by atoms with Gasteiger partial charge in [-0.2, -0.15) is 0 Å².